The number of halogens is 2. The molecule has 1 unspecified atom stereocenters. The number of rotatable bonds is 2. The molecule has 0 amide bonds. The van der Waals surface area contributed by atoms with Crippen LogP contribution in [-0.4, -0.2) is 13.8 Å². The van der Waals surface area contributed by atoms with E-state index >= 15 is 0 Å². The maximum absolute atomic E-state index is 6.17. The summed E-state index contributed by atoms with van der Waals surface area (Å²) in [6.45, 7) is 20.2. The second-order valence-electron chi connectivity index (χ2n) is 10.3. The SMILES string of the molecule is CC1=CC(O[Si](C)(C)C(C)(C)C)=[C-]C1C.C[Si](C)=[Zr+2].[Cl-].[Cl-].c1ccc2c(c1)[cH-]c1ccccc12. The van der Waals surface area contributed by atoms with E-state index in [-0.39, 0.29) is 35.3 Å². The zero-order chi connectivity index (χ0) is 24.1. The van der Waals surface area contributed by atoms with Crippen LogP contribution in [0.25, 0.3) is 21.5 Å². The summed E-state index contributed by atoms with van der Waals surface area (Å²) in [5.41, 5.74) is 1.56. The van der Waals surface area contributed by atoms with Crippen LogP contribution in [0.15, 0.2) is 72.0 Å². The van der Waals surface area contributed by atoms with Crippen molar-refractivity contribution in [2.45, 2.75) is 65.8 Å². The molecule has 1 aliphatic carbocycles. The molecule has 0 aromatic heterocycles. The van der Waals surface area contributed by atoms with E-state index in [0.717, 1.165) is 5.76 Å². The largest absolute Gasteiger partial charge is 1.00 e. The molecular formula is C28H38Cl2OSi2Zr-2. The van der Waals surface area contributed by atoms with Gasteiger partial charge < -0.3 is 29.2 Å². The quantitative estimate of drug-likeness (QED) is 0.321. The van der Waals surface area contributed by atoms with Crippen molar-refractivity contribution < 1.29 is 52.6 Å². The van der Waals surface area contributed by atoms with Gasteiger partial charge in [0.15, 0.2) is 0 Å². The Morgan fingerprint density at radius 3 is 1.71 bits per heavy atom. The van der Waals surface area contributed by atoms with Crippen LogP contribution in [0.4, 0.5) is 0 Å². The normalized spacial score (nSPS) is 15.0. The zero-order valence-corrected chi connectivity index (χ0v) is 28.0. The van der Waals surface area contributed by atoms with Crippen LogP contribution in [0.2, 0.25) is 31.2 Å². The molecule has 3 aromatic rings. The Morgan fingerprint density at radius 2 is 1.35 bits per heavy atom. The molecule has 0 bridgehead atoms. The fourth-order valence-electron chi connectivity index (χ4n) is 3.09. The van der Waals surface area contributed by atoms with Crippen molar-refractivity contribution in [1.29, 1.82) is 0 Å². The summed E-state index contributed by atoms with van der Waals surface area (Å²) in [4.78, 5) is 0. The molecule has 0 saturated carbocycles. The van der Waals surface area contributed by atoms with Crippen molar-refractivity contribution in [3.63, 3.8) is 0 Å². The molecule has 1 nitrogen and oxygen atoms in total. The Morgan fingerprint density at radius 1 is 0.941 bits per heavy atom. The molecule has 1 aliphatic rings. The van der Waals surface area contributed by atoms with Crippen molar-refractivity contribution in [3.05, 3.63) is 78.1 Å². The van der Waals surface area contributed by atoms with Gasteiger partial charge in [-0.1, -0.05) is 82.7 Å². The predicted octanol–water partition coefficient (Wildman–Crippen LogP) is 2.80. The number of hydrogen-bond donors (Lipinski definition) is 0. The Kier molecular flexibility index (Phi) is 14.1. The topological polar surface area (TPSA) is 9.23 Å². The van der Waals surface area contributed by atoms with Crippen molar-refractivity contribution in [1.82, 2.24) is 0 Å². The van der Waals surface area contributed by atoms with Gasteiger partial charge in [0.05, 0.1) is 0 Å². The summed E-state index contributed by atoms with van der Waals surface area (Å²) in [6.07, 6.45) is 5.50. The van der Waals surface area contributed by atoms with Crippen LogP contribution in [0.5, 0.6) is 0 Å². The Labute approximate surface area is 236 Å². The van der Waals surface area contributed by atoms with E-state index in [4.69, 9.17) is 4.43 Å². The van der Waals surface area contributed by atoms with Crippen LogP contribution in [-0.2, 0) is 27.8 Å². The van der Waals surface area contributed by atoms with Crippen LogP contribution in [0, 0.1) is 12.0 Å². The number of hydrogen-bond acceptors (Lipinski definition) is 1. The minimum Gasteiger partial charge on any atom is -1.00 e. The molecule has 0 fully saturated rings. The van der Waals surface area contributed by atoms with E-state index in [0.29, 0.717) is 5.92 Å². The van der Waals surface area contributed by atoms with Gasteiger partial charge in [-0.25, -0.2) is 6.08 Å². The van der Waals surface area contributed by atoms with Gasteiger partial charge in [-0.15, -0.1) is 39.7 Å². The summed E-state index contributed by atoms with van der Waals surface area (Å²) in [5, 5.41) is 5.65. The summed E-state index contributed by atoms with van der Waals surface area (Å²) in [7, 11) is -1.67. The van der Waals surface area contributed by atoms with E-state index in [2.05, 4.69) is 128 Å². The van der Waals surface area contributed by atoms with Crippen LogP contribution in [0.1, 0.15) is 34.6 Å². The average Bonchev–Trinajstić information content (AvgIpc) is 3.20. The first kappa shape index (κ1) is 33.5. The molecule has 0 saturated heterocycles. The number of benzene rings is 2. The third kappa shape index (κ3) is 9.51. The van der Waals surface area contributed by atoms with Gasteiger partial charge in [-0.05, 0) is 18.1 Å². The molecule has 6 heteroatoms. The van der Waals surface area contributed by atoms with Gasteiger partial charge in [0.1, 0.15) is 0 Å². The van der Waals surface area contributed by atoms with E-state index in [9.17, 15) is 0 Å². The van der Waals surface area contributed by atoms with Gasteiger partial charge in [0, 0.05) is 0 Å². The van der Waals surface area contributed by atoms with Crippen LogP contribution < -0.4 is 24.8 Å². The zero-order valence-electron chi connectivity index (χ0n) is 22.0. The van der Waals surface area contributed by atoms with E-state index in [1.165, 1.54) is 27.1 Å². The third-order valence-electron chi connectivity index (χ3n) is 6.09. The Balaban J connectivity index is 0.000000529. The van der Waals surface area contributed by atoms with E-state index in [1.807, 2.05) is 0 Å². The first-order valence-corrected chi connectivity index (χ1v) is 20.5. The summed E-state index contributed by atoms with van der Waals surface area (Å²) < 4.78 is 6.17. The van der Waals surface area contributed by atoms with Crippen molar-refractivity contribution in [3.8, 4) is 0 Å². The number of allylic oxidation sites excluding steroid dienone is 3. The first-order chi connectivity index (χ1) is 14.8. The van der Waals surface area contributed by atoms with Crippen molar-refractivity contribution in [2.24, 2.45) is 5.92 Å². The third-order valence-corrected chi connectivity index (χ3v) is 10.4. The van der Waals surface area contributed by atoms with Gasteiger partial charge in [-0.2, -0.15) is 11.6 Å². The van der Waals surface area contributed by atoms with Gasteiger partial charge in [-0.3, -0.25) is 0 Å². The van der Waals surface area contributed by atoms with E-state index in [1.54, 1.807) is 23.3 Å². The monoisotopic (exact) mass is 606 g/mol. The molecule has 1 atom stereocenters. The molecule has 0 aliphatic heterocycles. The van der Waals surface area contributed by atoms with Crippen LogP contribution in [0.3, 0.4) is 0 Å². The minimum absolute atomic E-state index is 0. The summed E-state index contributed by atoms with van der Waals surface area (Å²) in [6, 6.07) is 19.3. The predicted molar refractivity (Wildman–Crippen MR) is 142 cm³/mol. The summed E-state index contributed by atoms with van der Waals surface area (Å²) in [5.74, 6) is 1.39. The van der Waals surface area contributed by atoms with E-state index < -0.39 is 8.32 Å². The Bertz CT molecular complexity index is 1090. The molecular weight excluding hydrogens is 571 g/mol. The van der Waals surface area contributed by atoms with Gasteiger partial charge in [0.25, 0.3) is 0 Å². The number of fused-ring (bicyclic) bond motifs is 3. The molecule has 0 radical (unpaired) electrons. The first-order valence-electron chi connectivity index (χ1n) is 11.4. The standard InChI is InChI=1S/C13H23OSi.C13H9.C2H6Si.2ClH.Zr/c1-10-8-12(9-11(10)2)14-15(6,7)13(3,4)5;1-3-7-12-10(5-1)9-11-6-2-4-8-13(11)12;1-3-2;;;/h8,11H,1-7H3;1-9H;1-2H3;2*1H;/q2*-1;;;;+2/p-2. The molecule has 34 heavy (non-hydrogen) atoms. The minimum atomic E-state index is -1.67. The maximum atomic E-state index is 6.17. The molecule has 4 rings (SSSR count). The molecule has 0 heterocycles. The second kappa shape index (κ2) is 14.3. The van der Waals surface area contributed by atoms with Gasteiger partial charge in [0.2, 0.25) is 8.32 Å². The van der Waals surface area contributed by atoms with Crippen LogP contribution >= 0.6 is 0 Å². The average molecular weight is 609 g/mol. The van der Waals surface area contributed by atoms with Gasteiger partial charge >= 0.3 is 41.9 Å². The molecule has 3 aromatic carbocycles. The fourth-order valence-corrected chi connectivity index (χ4v) is 4.07. The fraction of sp³-hybridized carbons (Fsp3) is 0.393. The van der Waals surface area contributed by atoms with Crippen molar-refractivity contribution >= 4 is 35.3 Å². The molecule has 184 valence electrons. The van der Waals surface area contributed by atoms with Crippen molar-refractivity contribution in [2.75, 3.05) is 0 Å². The Hall–Kier alpha value is -0.513. The molecule has 0 spiro atoms. The second-order valence-corrected chi connectivity index (χ2v) is 24.4. The molecule has 0 N–H and O–H groups in total. The maximum Gasteiger partial charge on any atom is -0.0771 e. The summed E-state index contributed by atoms with van der Waals surface area (Å²) >= 11 is 1.74. The smallest absolute Gasteiger partial charge is 0.0771 e.